The van der Waals surface area contributed by atoms with E-state index in [9.17, 15) is 22.4 Å². The van der Waals surface area contributed by atoms with E-state index in [1.54, 1.807) is 0 Å². The van der Waals surface area contributed by atoms with Gasteiger partial charge in [0.05, 0.1) is 31.9 Å². The van der Waals surface area contributed by atoms with Crippen molar-refractivity contribution in [1.29, 1.82) is 0 Å². The van der Waals surface area contributed by atoms with Gasteiger partial charge in [0.2, 0.25) is 0 Å². The molecule has 1 atom stereocenters. The molecule has 3 aromatic rings. The number of fused-ring (bicyclic) bond motifs is 3. The highest BCUT2D eigenvalue weighted by Crippen LogP contribution is 2.37. The van der Waals surface area contributed by atoms with E-state index in [0.717, 1.165) is 65.8 Å². The fraction of sp³-hybridized carbons (Fsp3) is 0.345. The molecule has 0 radical (unpaired) electrons. The zero-order valence-corrected chi connectivity index (χ0v) is 21.6. The quantitative estimate of drug-likeness (QED) is 0.135. The van der Waals surface area contributed by atoms with Gasteiger partial charge < -0.3 is 9.22 Å². The molecule has 0 aliphatic carbocycles. The minimum absolute atomic E-state index is 0.0259. The molecule has 3 fully saturated rings. The lowest BCUT2D eigenvalue weighted by Crippen LogP contribution is -2.65. The van der Waals surface area contributed by atoms with Crippen molar-refractivity contribution in [3.63, 3.8) is 0 Å². The SMILES string of the molecule is O=C(OC1C[N+]2(CCSc3ccccc3)CCC1CC2)N(Cc1cc(F)c(F)c(F)c1)c1cccc(F)c1. The number of anilines is 1. The maximum Gasteiger partial charge on any atom is 0.415 e. The first kappa shape index (κ1) is 26.6. The van der Waals surface area contributed by atoms with Gasteiger partial charge in [-0.1, -0.05) is 24.3 Å². The monoisotopic (exact) mass is 545 g/mol. The highest BCUT2D eigenvalue weighted by atomic mass is 32.2. The number of ether oxygens (including phenoxy) is 1. The highest BCUT2D eigenvalue weighted by Gasteiger charge is 2.47. The second-order valence-corrected chi connectivity index (χ2v) is 11.2. The van der Waals surface area contributed by atoms with Gasteiger partial charge in [-0.3, -0.25) is 4.90 Å². The Kier molecular flexibility index (Phi) is 7.95. The Balaban J connectivity index is 1.30. The second-order valence-electron chi connectivity index (χ2n) is 10.1. The van der Waals surface area contributed by atoms with Crippen LogP contribution in [0.4, 0.5) is 28.0 Å². The first-order valence-electron chi connectivity index (χ1n) is 12.7. The lowest BCUT2D eigenvalue weighted by Gasteiger charge is -2.52. The van der Waals surface area contributed by atoms with E-state index >= 15 is 0 Å². The topological polar surface area (TPSA) is 29.5 Å². The van der Waals surface area contributed by atoms with E-state index in [0.29, 0.717) is 6.54 Å². The molecule has 3 saturated heterocycles. The van der Waals surface area contributed by atoms with Crippen LogP contribution in [0.2, 0.25) is 0 Å². The summed E-state index contributed by atoms with van der Waals surface area (Å²) in [5.41, 5.74) is 0.211. The number of hydrogen-bond acceptors (Lipinski definition) is 3. The van der Waals surface area contributed by atoms with Crippen molar-refractivity contribution >= 4 is 23.5 Å². The number of hydrogen-bond donors (Lipinski definition) is 0. The summed E-state index contributed by atoms with van der Waals surface area (Å²) >= 11 is 1.81. The molecule has 0 aromatic heterocycles. The number of rotatable bonds is 8. The van der Waals surface area contributed by atoms with Crippen molar-refractivity contribution in [2.75, 3.05) is 36.8 Å². The van der Waals surface area contributed by atoms with E-state index in [4.69, 9.17) is 4.74 Å². The maximum absolute atomic E-state index is 14.0. The van der Waals surface area contributed by atoms with Gasteiger partial charge >= 0.3 is 6.09 Å². The first-order valence-corrected chi connectivity index (χ1v) is 13.7. The number of thioether (sulfide) groups is 1. The van der Waals surface area contributed by atoms with Crippen molar-refractivity contribution < 1.29 is 31.6 Å². The van der Waals surface area contributed by atoms with E-state index in [-0.39, 0.29) is 29.8 Å². The molecule has 0 N–H and O–H groups in total. The summed E-state index contributed by atoms with van der Waals surface area (Å²) in [6.45, 7) is 3.43. The largest absolute Gasteiger partial charge is 0.440 e. The zero-order valence-electron chi connectivity index (χ0n) is 20.8. The summed E-state index contributed by atoms with van der Waals surface area (Å²) in [6.07, 6.45) is 0.853. The van der Waals surface area contributed by atoms with E-state index in [1.165, 1.54) is 23.1 Å². The second kappa shape index (κ2) is 11.4. The molecule has 0 saturated carbocycles. The standard InChI is InChI=1S/C29H29F4N2O2S/c30-22-5-4-6-23(17-22)34(18-20-15-25(31)28(33)26(32)16-20)29(36)37-27-19-35(11-9-21(27)10-12-35)13-14-38-24-7-2-1-3-8-24/h1-8,15-17,21,27H,9-14,18-19H2/q+1. The Bertz CT molecular complexity index is 1260. The number of quaternary nitrogens is 1. The number of piperidine rings is 3. The average molecular weight is 546 g/mol. The number of nitrogens with zero attached hydrogens (tertiary/aromatic N) is 2. The number of halogens is 4. The van der Waals surface area contributed by atoms with Gasteiger partial charge in [-0.2, -0.15) is 0 Å². The van der Waals surface area contributed by atoms with Crippen molar-refractivity contribution in [1.82, 2.24) is 0 Å². The van der Waals surface area contributed by atoms with Gasteiger partial charge in [0, 0.05) is 29.4 Å². The first-order chi connectivity index (χ1) is 18.3. The molecular weight excluding hydrogens is 516 g/mol. The molecule has 3 aromatic carbocycles. The Morgan fingerprint density at radius 1 is 0.947 bits per heavy atom. The van der Waals surface area contributed by atoms with Gasteiger partial charge in [0.15, 0.2) is 23.6 Å². The van der Waals surface area contributed by atoms with Crippen LogP contribution in [0.3, 0.4) is 0 Å². The average Bonchev–Trinajstić information content (AvgIpc) is 2.91. The summed E-state index contributed by atoms with van der Waals surface area (Å²) in [6, 6.07) is 17.2. The number of carbonyl (C=O) groups is 1. The summed E-state index contributed by atoms with van der Waals surface area (Å²) in [5, 5.41) is 0. The molecule has 9 heteroatoms. The number of amides is 1. The van der Waals surface area contributed by atoms with Gasteiger partial charge in [-0.15, -0.1) is 11.8 Å². The Morgan fingerprint density at radius 2 is 1.66 bits per heavy atom. The predicted octanol–water partition coefficient (Wildman–Crippen LogP) is 6.79. The molecule has 200 valence electrons. The van der Waals surface area contributed by atoms with Crippen LogP contribution in [-0.4, -0.2) is 48.6 Å². The van der Waals surface area contributed by atoms with Crippen LogP contribution in [-0.2, 0) is 11.3 Å². The predicted molar refractivity (Wildman–Crippen MR) is 139 cm³/mol. The van der Waals surface area contributed by atoms with E-state index in [2.05, 4.69) is 12.1 Å². The molecule has 1 amide bonds. The van der Waals surface area contributed by atoms with Gasteiger partial charge in [0.1, 0.15) is 12.4 Å². The third kappa shape index (κ3) is 5.99. The van der Waals surface area contributed by atoms with E-state index < -0.39 is 29.4 Å². The smallest absolute Gasteiger partial charge is 0.415 e. The molecule has 0 spiro atoms. The molecule has 3 heterocycles. The molecule has 1 unspecified atom stereocenters. The van der Waals surface area contributed by atoms with Crippen molar-refractivity contribution in [3.05, 3.63) is 95.6 Å². The number of benzene rings is 3. The highest BCUT2D eigenvalue weighted by molar-refractivity contribution is 7.99. The fourth-order valence-electron chi connectivity index (χ4n) is 5.52. The van der Waals surface area contributed by atoms with Gasteiger partial charge in [0.25, 0.3) is 0 Å². The summed E-state index contributed by atoms with van der Waals surface area (Å²) < 4.78 is 62.2. The maximum atomic E-state index is 14.0. The summed E-state index contributed by atoms with van der Waals surface area (Å²) in [5.74, 6) is -3.68. The summed E-state index contributed by atoms with van der Waals surface area (Å²) in [4.78, 5) is 15.8. The van der Waals surface area contributed by atoms with Crippen LogP contribution in [0.15, 0.2) is 71.6 Å². The fourth-order valence-corrected chi connectivity index (χ4v) is 6.59. The number of carbonyl (C=O) groups excluding carboxylic acids is 1. The Morgan fingerprint density at radius 3 is 2.34 bits per heavy atom. The van der Waals surface area contributed by atoms with Crippen LogP contribution in [0, 0.1) is 29.2 Å². The molecule has 3 aliphatic heterocycles. The lowest BCUT2D eigenvalue weighted by atomic mass is 9.83. The third-order valence-corrected chi connectivity index (χ3v) is 8.59. The van der Waals surface area contributed by atoms with Crippen LogP contribution >= 0.6 is 11.8 Å². The lowest BCUT2D eigenvalue weighted by molar-refractivity contribution is -0.943. The molecule has 2 bridgehead atoms. The Hall–Kier alpha value is -3.04. The van der Waals surface area contributed by atoms with E-state index in [1.807, 2.05) is 30.0 Å². The zero-order chi connectivity index (χ0) is 26.7. The van der Waals surface area contributed by atoms with Crippen molar-refractivity contribution in [2.24, 2.45) is 5.92 Å². The summed E-state index contributed by atoms with van der Waals surface area (Å²) in [7, 11) is 0. The normalized spacial score (nSPS) is 22.3. The molecule has 3 aliphatic rings. The van der Waals surface area contributed by atoms with Crippen LogP contribution in [0.1, 0.15) is 18.4 Å². The Labute approximate surface area is 223 Å². The molecule has 4 nitrogen and oxygen atoms in total. The van der Waals surface area contributed by atoms with Crippen LogP contribution < -0.4 is 4.90 Å². The van der Waals surface area contributed by atoms with Gasteiger partial charge in [-0.05, 0) is 48.0 Å². The van der Waals surface area contributed by atoms with Crippen LogP contribution in [0.25, 0.3) is 0 Å². The third-order valence-electron chi connectivity index (χ3n) is 7.60. The van der Waals surface area contributed by atoms with Crippen molar-refractivity contribution in [2.45, 2.75) is 30.4 Å². The van der Waals surface area contributed by atoms with Gasteiger partial charge in [-0.25, -0.2) is 22.4 Å². The minimum Gasteiger partial charge on any atom is -0.440 e. The van der Waals surface area contributed by atoms with Crippen LogP contribution in [0.5, 0.6) is 0 Å². The molecule has 38 heavy (non-hydrogen) atoms. The molecule has 6 rings (SSSR count). The minimum atomic E-state index is -1.58. The van der Waals surface area contributed by atoms with Crippen molar-refractivity contribution in [3.8, 4) is 0 Å². The molecular formula is C29H29F4N2O2S+.